The fourth-order valence-corrected chi connectivity index (χ4v) is 2.10. The molecule has 11 heteroatoms. The molecule has 6 nitrogen and oxygen atoms in total. The Morgan fingerprint density at radius 3 is 2.16 bits per heavy atom. The van der Waals surface area contributed by atoms with E-state index in [1.807, 2.05) is 0 Å². The summed E-state index contributed by atoms with van der Waals surface area (Å²) in [7, 11) is 0. The van der Waals surface area contributed by atoms with Crippen molar-refractivity contribution in [3.05, 3.63) is 62.7 Å². The van der Waals surface area contributed by atoms with Crippen LogP contribution in [0, 0.1) is 10.1 Å². The molecule has 0 atom stereocenters. The summed E-state index contributed by atoms with van der Waals surface area (Å²) in [5, 5.41) is 21.0. The van der Waals surface area contributed by atoms with Gasteiger partial charge in [-0.25, -0.2) is 0 Å². The fraction of sp³-hybridized carbons (Fsp3) is 0.0714. The summed E-state index contributed by atoms with van der Waals surface area (Å²) in [5.74, 6) is -2.04. The van der Waals surface area contributed by atoms with Gasteiger partial charge in [0.1, 0.15) is 11.5 Å². The number of nitro groups is 1. The van der Waals surface area contributed by atoms with Crippen molar-refractivity contribution in [3.8, 4) is 11.5 Å². The van der Waals surface area contributed by atoms with Gasteiger partial charge in [-0.1, -0.05) is 11.6 Å². The van der Waals surface area contributed by atoms with Crippen LogP contribution in [-0.4, -0.2) is 10.9 Å². The summed E-state index contributed by atoms with van der Waals surface area (Å²) in [6, 6.07) is 5.38. The normalized spacial score (nSPS) is 10.7. The molecule has 0 unspecified atom stereocenters. The minimum atomic E-state index is -4.63. The first-order valence-corrected chi connectivity index (χ1v) is 6.52. The van der Waals surface area contributed by atoms with E-state index >= 15 is 0 Å². The van der Waals surface area contributed by atoms with Crippen LogP contribution in [0.15, 0.2) is 36.4 Å². The molecule has 0 saturated heterocycles. The zero-order valence-corrected chi connectivity index (χ0v) is 15.2. The second-order valence-corrected chi connectivity index (χ2v) is 4.87. The van der Waals surface area contributed by atoms with Crippen LogP contribution in [-0.2, 0) is 6.18 Å². The predicted octanol–water partition coefficient (Wildman–Crippen LogP) is 0.427. The maximum absolute atomic E-state index is 12.6. The van der Waals surface area contributed by atoms with E-state index < -0.39 is 38.9 Å². The quantitative estimate of drug-likeness (QED) is 0.433. The maximum Gasteiger partial charge on any atom is 1.00 e. The molecule has 0 aromatic heterocycles. The third-order valence-corrected chi connectivity index (χ3v) is 3.18. The zero-order chi connectivity index (χ0) is 18.1. The van der Waals surface area contributed by atoms with Gasteiger partial charge in [0.05, 0.1) is 27.0 Å². The standard InChI is InChI=1S/C14H7ClF3NO5.Na/c15-11-6-8(1-3-10(11)14(16,17)18)24-7-2-4-12(19(22)23)9(5-7)13(20)21;/h1-6H,(H,20,21);/q;+1/p-1. The number of aromatic carboxylic acids is 1. The first-order chi connectivity index (χ1) is 11.1. The molecule has 126 valence electrons. The first-order valence-electron chi connectivity index (χ1n) is 6.14. The number of ether oxygens (including phenoxy) is 1. The molecular weight excluding hydrogens is 378 g/mol. The third-order valence-electron chi connectivity index (χ3n) is 2.87. The van der Waals surface area contributed by atoms with Crippen molar-refractivity contribution in [1.29, 1.82) is 0 Å². The average molecular weight is 384 g/mol. The van der Waals surface area contributed by atoms with E-state index in [0.29, 0.717) is 6.07 Å². The van der Waals surface area contributed by atoms with Crippen LogP contribution >= 0.6 is 11.6 Å². The van der Waals surface area contributed by atoms with E-state index in [0.717, 1.165) is 30.3 Å². The number of rotatable bonds is 4. The van der Waals surface area contributed by atoms with Gasteiger partial charge in [-0.2, -0.15) is 13.2 Å². The Kier molecular flexibility index (Phi) is 6.83. The summed E-state index contributed by atoms with van der Waals surface area (Å²) in [5.41, 5.74) is -2.49. The molecule has 2 aromatic rings. The molecule has 0 N–H and O–H groups in total. The summed E-state index contributed by atoms with van der Waals surface area (Å²) < 4.78 is 43.0. The Bertz CT molecular complexity index is 829. The number of halogens is 4. The second-order valence-electron chi connectivity index (χ2n) is 4.46. The van der Waals surface area contributed by atoms with Crippen LogP contribution in [0.3, 0.4) is 0 Å². The van der Waals surface area contributed by atoms with E-state index in [-0.39, 0.29) is 41.1 Å². The van der Waals surface area contributed by atoms with E-state index in [2.05, 4.69) is 0 Å². The monoisotopic (exact) mass is 383 g/mol. The summed E-state index contributed by atoms with van der Waals surface area (Å²) >= 11 is 5.54. The molecule has 0 fully saturated rings. The molecule has 0 aliphatic carbocycles. The summed E-state index contributed by atoms with van der Waals surface area (Å²) in [6.45, 7) is 0. The van der Waals surface area contributed by atoms with Crippen molar-refractivity contribution < 1.29 is 62.3 Å². The van der Waals surface area contributed by atoms with Crippen molar-refractivity contribution in [1.82, 2.24) is 0 Å². The van der Waals surface area contributed by atoms with Crippen molar-refractivity contribution in [3.63, 3.8) is 0 Å². The average Bonchev–Trinajstić information content (AvgIpc) is 2.45. The van der Waals surface area contributed by atoms with Crippen molar-refractivity contribution in [2.45, 2.75) is 6.18 Å². The number of nitrogens with zero attached hydrogens (tertiary/aromatic N) is 1. The molecule has 0 heterocycles. The predicted molar refractivity (Wildman–Crippen MR) is 74.0 cm³/mol. The maximum atomic E-state index is 12.6. The van der Waals surface area contributed by atoms with E-state index in [1.54, 1.807) is 0 Å². The Balaban J connectivity index is 0.00000312. The first kappa shape index (κ1) is 21.2. The van der Waals surface area contributed by atoms with E-state index in [1.165, 1.54) is 0 Å². The number of carbonyl (C=O) groups is 1. The largest absolute Gasteiger partial charge is 1.00 e. The van der Waals surface area contributed by atoms with Crippen LogP contribution in [0.5, 0.6) is 11.5 Å². The topological polar surface area (TPSA) is 92.5 Å². The van der Waals surface area contributed by atoms with Crippen LogP contribution in [0.4, 0.5) is 18.9 Å². The number of nitro benzene ring substituents is 1. The smallest absolute Gasteiger partial charge is 0.545 e. The number of carboxylic acids is 1. The number of carbonyl (C=O) groups excluding carboxylic acids is 1. The third kappa shape index (κ3) is 5.08. The van der Waals surface area contributed by atoms with Gasteiger partial charge in [-0.05, 0) is 24.3 Å². The van der Waals surface area contributed by atoms with Gasteiger partial charge >= 0.3 is 35.7 Å². The van der Waals surface area contributed by atoms with Crippen LogP contribution in [0.25, 0.3) is 0 Å². The Hall–Kier alpha value is -1.81. The molecule has 2 rings (SSSR count). The van der Waals surface area contributed by atoms with Crippen LogP contribution in [0.2, 0.25) is 5.02 Å². The van der Waals surface area contributed by atoms with Crippen molar-refractivity contribution >= 4 is 23.3 Å². The van der Waals surface area contributed by atoms with Gasteiger partial charge in [0.25, 0.3) is 5.69 Å². The Morgan fingerprint density at radius 1 is 1.12 bits per heavy atom. The van der Waals surface area contributed by atoms with Gasteiger partial charge in [0, 0.05) is 12.1 Å². The van der Waals surface area contributed by atoms with Gasteiger partial charge < -0.3 is 14.6 Å². The Morgan fingerprint density at radius 2 is 1.68 bits per heavy atom. The molecule has 25 heavy (non-hydrogen) atoms. The molecule has 0 aliphatic rings. The molecule has 0 aliphatic heterocycles. The van der Waals surface area contributed by atoms with Gasteiger partial charge in [0.2, 0.25) is 0 Å². The minimum Gasteiger partial charge on any atom is -0.545 e. The summed E-state index contributed by atoms with van der Waals surface area (Å²) in [6.07, 6.45) is -4.63. The SMILES string of the molecule is O=C([O-])c1cc(Oc2ccc(C(F)(F)F)c(Cl)c2)ccc1[N+](=O)[O-].[Na+]. The number of hydrogen-bond donors (Lipinski definition) is 0. The fourth-order valence-electron chi connectivity index (χ4n) is 1.83. The molecule has 0 spiro atoms. The number of carboxylic acid groups (broad SMARTS) is 1. The molecule has 0 bridgehead atoms. The minimum absolute atomic E-state index is 0. The Labute approximate surface area is 165 Å². The molecular formula is C14H6ClF3NNaO5. The zero-order valence-electron chi connectivity index (χ0n) is 12.5. The number of hydrogen-bond acceptors (Lipinski definition) is 5. The van der Waals surface area contributed by atoms with Crippen molar-refractivity contribution in [2.75, 3.05) is 0 Å². The van der Waals surface area contributed by atoms with Crippen LogP contribution in [0.1, 0.15) is 15.9 Å². The van der Waals surface area contributed by atoms with E-state index in [9.17, 15) is 33.2 Å². The second kappa shape index (κ2) is 8.05. The van der Waals surface area contributed by atoms with Gasteiger partial charge in [-0.3, -0.25) is 10.1 Å². The van der Waals surface area contributed by atoms with Crippen molar-refractivity contribution in [2.24, 2.45) is 0 Å². The van der Waals surface area contributed by atoms with Gasteiger partial charge in [0.15, 0.2) is 0 Å². The molecule has 0 saturated carbocycles. The molecule has 2 aromatic carbocycles. The summed E-state index contributed by atoms with van der Waals surface area (Å²) in [4.78, 5) is 20.7. The van der Waals surface area contributed by atoms with Crippen LogP contribution < -0.4 is 39.4 Å². The van der Waals surface area contributed by atoms with Gasteiger partial charge in [-0.15, -0.1) is 0 Å². The molecule has 0 radical (unpaired) electrons. The molecule has 0 amide bonds. The number of benzene rings is 2. The van der Waals surface area contributed by atoms with E-state index in [4.69, 9.17) is 16.3 Å². The number of alkyl halides is 3.